The van der Waals surface area contributed by atoms with Crippen LogP contribution in [0, 0.1) is 0 Å². The van der Waals surface area contributed by atoms with Crippen LogP contribution in [0.1, 0.15) is 24.1 Å². The summed E-state index contributed by atoms with van der Waals surface area (Å²) >= 11 is 1.84. The zero-order valence-corrected chi connectivity index (χ0v) is 15.7. The zero-order valence-electron chi connectivity index (χ0n) is 14.9. The minimum atomic E-state index is 0.196. The van der Waals surface area contributed by atoms with Gasteiger partial charge in [0.05, 0.1) is 6.54 Å². The minimum absolute atomic E-state index is 0.196. The summed E-state index contributed by atoms with van der Waals surface area (Å²) < 4.78 is 0. The predicted molar refractivity (Wildman–Crippen MR) is 98.6 cm³/mol. The van der Waals surface area contributed by atoms with Crippen LogP contribution in [0.25, 0.3) is 0 Å². The molecule has 7 heteroatoms. The van der Waals surface area contributed by atoms with E-state index in [1.807, 2.05) is 25.4 Å². The smallest absolute Gasteiger partial charge is 0.236 e. The number of aromatic nitrogens is 1. The summed E-state index contributed by atoms with van der Waals surface area (Å²) in [6.07, 6.45) is 5.76. The van der Waals surface area contributed by atoms with Crippen molar-refractivity contribution in [2.75, 3.05) is 64.8 Å². The van der Waals surface area contributed by atoms with Crippen molar-refractivity contribution >= 4 is 22.4 Å². The Balaban J connectivity index is 1.48. The van der Waals surface area contributed by atoms with Crippen molar-refractivity contribution in [1.29, 1.82) is 0 Å². The van der Waals surface area contributed by atoms with Crippen molar-refractivity contribution in [1.82, 2.24) is 19.7 Å². The molecule has 2 fully saturated rings. The van der Waals surface area contributed by atoms with Gasteiger partial charge in [0.1, 0.15) is 0 Å². The molecule has 1 aromatic rings. The van der Waals surface area contributed by atoms with Crippen LogP contribution in [-0.4, -0.2) is 85.5 Å². The highest BCUT2D eigenvalue weighted by molar-refractivity contribution is 7.15. The topological polar surface area (TPSA) is 42.9 Å². The molecule has 24 heavy (non-hydrogen) atoms. The third-order valence-electron chi connectivity index (χ3n) is 4.84. The van der Waals surface area contributed by atoms with Crippen molar-refractivity contribution in [2.24, 2.45) is 0 Å². The van der Waals surface area contributed by atoms with Crippen LogP contribution in [0.4, 0.5) is 5.13 Å². The molecule has 2 saturated heterocycles. The fourth-order valence-electron chi connectivity index (χ4n) is 3.32. The maximum Gasteiger partial charge on any atom is 0.236 e. The highest BCUT2D eigenvalue weighted by atomic mass is 32.1. The Kier molecular flexibility index (Phi) is 6.08. The number of hydrogen-bond acceptors (Lipinski definition) is 6. The molecule has 3 rings (SSSR count). The summed E-state index contributed by atoms with van der Waals surface area (Å²) in [5.41, 5.74) is 0. The summed E-state index contributed by atoms with van der Waals surface area (Å²) in [5, 5.41) is 1.19. The molecule has 0 bridgehead atoms. The molecule has 1 aromatic heterocycles. The van der Waals surface area contributed by atoms with Crippen LogP contribution in [0.2, 0.25) is 0 Å². The Labute approximate surface area is 149 Å². The van der Waals surface area contributed by atoms with E-state index in [0.29, 0.717) is 6.54 Å². The van der Waals surface area contributed by atoms with Crippen molar-refractivity contribution < 1.29 is 4.79 Å². The monoisotopic (exact) mass is 351 g/mol. The number of amides is 1. The van der Waals surface area contributed by atoms with E-state index in [1.54, 1.807) is 4.90 Å². The molecule has 2 aliphatic rings. The Bertz CT molecular complexity index is 541. The molecule has 134 valence electrons. The third kappa shape index (κ3) is 4.68. The molecule has 0 atom stereocenters. The first-order valence-electron chi connectivity index (χ1n) is 8.96. The third-order valence-corrected chi connectivity index (χ3v) is 5.88. The quantitative estimate of drug-likeness (QED) is 0.801. The van der Waals surface area contributed by atoms with Crippen molar-refractivity contribution in [2.45, 2.75) is 25.8 Å². The van der Waals surface area contributed by atoms with Gasteiger partial charge in [-0.25, -0.2) is 4.98 Å². The summed E-state index contributed by atoms with van der Waals surface area (Å²) in [6, 6.07) is 0. The van der Waals surface area contributed by atoms with Gasteiger partial charge in [-0.3, -0.25) is 14.6 Å². The lowest BCUT2D eigenvalue weighted by atomic mass is 10.3. The van der Waals surface area contributed by atoms with Gasteiger partial charge in [-0.2, -0.15) is 0 Å². The molecule has 0 spiro atoms. The second kappa shape index (κ2) is 8.27. The summed E-state index contributed by atoms with van der Waals surface area (Å²) in [5.74, 6) is 0.196. The molecule has 2 aliphatic heterocycles. The van der Waals surface area contributed by atoms with E-state index in [1.165, 1.54) is 22.9 Å². The van der Waals surface area contributed by atoms with E-state index in [9.17, 15) is 4.79 Å². The molecule has 3 heterocycles. The Hall–Kier alpha value is -1.18. The van der Waals surface area contributed by atoms with Crippen LogP contribution < -0.4 is 4.90 Å². The number of nitrogens with zero attached hydrogens (tertiary/aromatic N) is 5. The molecule has 0 radical (unpaired) electrons. The van der Waals surface area contributed by atoms with Gasteiger partial charge in [0.15, 0.2) is 5.13 Å². The van der Waals surface area contributed by atoms with Gasteiger partial charge in [-0.05, 0) is 32.4 Å². The van der Waals surface area contributed by atoms with Gasteiger partial charge in [-0.15, -0.1) is 11.3 Å². The average Bonchev–Trinajstić information content (AvgIpc) is 3.18. The first kappa shape index (κ1) is 17.6. The maximum atomic E-state index is 11.9. The second-order valence-electron chi connectivity index (χ2n) is 7.00. The normalized spacial score (nSPS) is 20.3. The maximum absolute atomic E-state index is 11.9. The standard InChI is InChI=1S/C17H29N5OS/c1-19(2)16(23)14-21-7-5-6-20(10-11-21)13-15-12-18-17(24-15)22-8-3-4-9-22/h12H,3-11,13-14H2,1-2H3. The Morgan fingerprint density at radius 2 is 1.79 bits per heavy atom. The Morgan fingerprint density at radius 3 is 2.54 bits per heavy atom. The fraction of sp³-hybridized carbons (Fsp3) is 0.765. The summed E-state index contributed by atoms with van der Waals surface area (Å²) in [4.78, 5) is 26.7. The van der Waals surface area contributed by atoms with Crippen LogP contribution in [0.15, 0.2) is 6.20 Å². The van der Waals surface area contributed by atoms with Gasteiger partial charge in [0.2, 0.25) is 5.91 Å². The molecule has 6 nitrogen and oxygen atoms in total. The summed E-state index contributed by atoms with van der Waals surface area (Å²) in [6.45, 7) is 7.95. The molecular weight excluding hydrogens is 322 g/mol. The lowest BCUT2D eigenvalue weighted by Gasteiger charge is -2.22. The SMILES string of the molecule is CN(C)C(=O)CN1CCCN(Cc2cnc(N3CCCC3)s2)CC1. The molecule has 0 saturated carbocycles. The molecule has 1 amide bonds. The number of thiazole rings is 1. The van der Waals surface area contributed by atoms with E-state index in [-0.39, 0.29) is 5.91 Å². The number of likely N-dealkylation sites (N-methyl/N-ethyl adjacent to an activating group) is 1. The van der Waals surface area contributed by atoms with Gasteiger partial charge in [0.25, 0.3) is 0 Å². The fourth-order valence-corrected chi connectivity index (χ4v) is 4.32. The van der Waals surface area contributed by atoms with Crippen LogP contribution in [0.3, 0.4) is 0 Å². The number of hydrogen-bond donors (Lipinski definition) is 0. The first-order valence-corrected chi connectivity index (χ1v) is 9.78. The number of rotatable bonds is 5. The predicted octanol–water partition coefficient (Wildman–Crippen LogP) is 1.34. The van der Waals surface area contributed by atoms with Crippen molar-refractivity contribution in [3.63, 3.8) is 0 Å². The summed E-state index contributed by atoms with van der Waals surface area (Å²) in [7, 11) is 3.66. The Morgan fingerprint density at radius 1 is 1.08 bits per heavy atom. The molecular formula is C17H29N5OS. The first-order chi connectivity index (χ1) is 11.6. The van der Waals surface area contributed by atoms with Gasteiger partial charge < -0.3 is 9.80 Å². The van der Waals surface area contributed by atoms with Crippen molar-refractivity contribution in [3.8, 4) is 0 Å². The van der Waals surface area contributed by atoms with Crippen LogP contribution in [0.5, 0.6) is 0 Å². The largest absolute Gasteiger partial charge is 0.348 e. The lowest BCUT2D eigenvalue weighted by Crippen LogP contribution is -2.38. The molecule has 0 aliphatic carbocycles. The second-order valence-corrected chi connectivity index (χ2v) is 8.09. The van der Waals surface area contributed by atoms with Crippen LogP contribution >= 0.6 is 11.3 Å². The molecule has 0 N–H and O–H groups in total. The van der Waals surface area contributed by atoms with E-state index >= 15 is 0 Å². The lowest BCUT2D eigenvalue weighted by molar-refractivity contribution is -0.129. The van der Waals surface area contributed by atoms with E-state index in [2.05, 4.69) is 25.9 Å². The van der Waals surface area contributed by atoms with Crippen molar-refractivity contribution in [3.05, 3.63) is 11.1 Å². The minimum Gasteiger partial charge on any atom is -0.348 e. The number of carbonyl (C=O) groups excluding carboxylic acids is 1. The van der Waals surface area contributed by atoms with Crippen LogP contribution in [-0.2, 0) is 11.3 Å². The highest BCUT2D eigenvalue weighted by Crippen LogP contribution is 2.26. The highest BCUT2D eigenvalue weighted by Gasteiger charge is 2.20. The zero-order chi connectivity index (χ0) is 16.9. The van der Waals surface area contributed by atoms with Gasteiger partial charge in [0, 0.05) is 57.9 Å². The number of carbonyl (C=O) groups is 1. The average molecular weight is 352 g/mol. The van der Waals surface area contributed by atoms with Gasteiger partial charge >= 0.3 is 0 Å². The molecule has 0 aromatic carbocycles. The van der Waals surface area contributed by atoms with E-state index in [0.717, 1.165) is 52.2 Å². The van der Waals surface area contributed by atoms with E-state index < -0.39 is 0 Å². The van der Waals surface area contributed by atoms with Gasteiger partial charge in [-0.1, -0.05) is 0 Å². The molecule has 0 unspecified atom stereocenters. The van der Waals surface area contributed by atoms with E-state index in [4.69, 9.17) is 0 Å². The number of anilines is 1.